The Hall–Kier alpha value is -2.08. The third kappa shape index (κ3) is 4.58. The lowest BCUT2D eigenvalue weighted by molar-refractivity contribution is -0.134. The van der Waals surface area contributed by atoms with Gasteiger partial charge >= 0.3 is 6.03 Å². The lowest BCUT2D eigenvalue weighted by Crippen LogP contribution is -2.51. The number of ether oxygens (including phenoxy) is 1. The maximum Gasteiger partial charge on any atom is 0.325 e. The van der Waals surface area contributed by atoms with Crippen LogP contribution in [0, 0.1) is 18.3 Å². The van der Waals surface area contributed by atoms with Crippen molar-refractivity contribution in [2.45, 2.75) is 71.4 Å². The van der Waals surface area contributed by atoms with E-state index in [1.54, 1.807) is 0 Å². The Bertz CT molecular complexity index is 753. The molecule has 1 aliphatic heterocycles. The molecular weight excluding hydrogens is 368 g/mol. The number of carbonyl (C=O) groups excluding carboxylic acids is 2. The highest BCUT2D eigenvalue weighted by Crippen LogP contribution is 2.45. The summed E-state index contributed by atoms with van der Waals surface area (Å²) in [6.07, 6.45) is 3.36. The van der Waals surface area contributed by atoms with Gasteiger partial charge in [0.1, 0.15) is 24.0 Å². The zero-order valence-corrected chi connectivity index (χ0v) is 18.0. The Labute approximate surface area is 173 Å². The molecule has 0 bridgehead atoms. The SMILES string of the molecule is CCC(C)(C)C1CCC2(CC1)NC(=O)N(CC(O)COc1cccc(C)c1)C2=O. The molecule has 0 radical (unpaired) electrons. The van der Waals surface area contributed by atoms with Gasteiger partial charge in [-0.1, -0.05) is 39.3 Å². The van der Waals surface area contributed by atoms with Crippen LogP contribution in [0.25, 0.3) is 0 Å². The molecule has 3 amide bonds. The minimum atomic E-state index is -0.935. The number of nitrogens with zero attached hydrogens (tertiary/aromatic N) is 1. The van der Waals surface area contributed by atoms with Crippen molar-refractivity contribution < 1.29 is 19.4 Å². The molecule has 29 heavy (non-hydrogen) atoms. The number of benzene rings is 1. The van der Waals surface area contributed by atoms with Crippen molar-refractivity contribution in [3.63, 3.8) is 0 Å². The molecule has 1 aliphatic carbocycles. The molecular formula is C23H34N2O4. The highest BCUT2D eigenvalue weighted by atomic mass is 16.5. The van der Waals surface area contributed by atoms with Gasteiger partial charge in [0.2, 0.25) is 0 Å². The number of nitrogens with one attached hydrogen (secondary N) is 1. The zero-order chi connectivity index (χ0) is 21.2. The fraction of sp³-hybridized carbons (Fsp3) is 0.652. The van der Waals surface area contributed by atoms with E-state index in [9.17, 15) is 14.7 Å². The Balaban J connectivity index is 1.56. The van der Waals surface area contributed by atoms with Gasteiger partial charge < -0.3 is 15.2 Å². The number of rotatable bonds is 7. The first-order valence-corrected chi connectivity index (χ1v) is 10.7. The Morgan fingerprint density at radius 3 is 2.62 bits per heavy atom. The second-order valence-corrected chi connectivity index (χ2v) is 9.33. The molecule has 2 aliphatic rings. The van der Waals surface area contributed by atoms with Gasteiger partial charge in [0, 0.05) is 0 Å². The summed E-state index contributed by atoms with van der Waals surface area (Å²) in [5.74, 6) is 1.02. The van der Waals surface area contributed by atoms with E-state index in [2.05, 4.69) is 26.1 Å². The average molecular weight is 403 g/mol. The summed E-state index contributed by atoms with van der Waals surface area (Å²) in [5.41, 5.74) is 0.514. The smallest absolute Gasteiger partial charge is 0.325 e. The van der Waals surface area contributed by atoms with E-state index in [0.717, 1.165) is 29.7 Å². The van der Waals surface area contributed by atoms with Crippen LogP contribution in [0.15, 0.2) is 24.3 Å². The third-order valence-electron chi connectivity index (χ3n) is 6.93. The van der Waals surface area contributed by atoms with Crippen LogP contribution >= 0.6 is 0 Å². The highest BCUT2D eigenvalue weighted by molar-refractivity contribution is 6.07. The molecule has 3 rings (SSSR count). The second kappa shape index (κ2) is 8.34. The lowest BCUT2D eigenvalue weighted by Gasteiger charge is -2.42. The van der Waals surface area contributed by atoms with E-state index in [4.69, 9.17) is 4.74 Å². The summed E-state index contributed by atoms with van der Waals surface area (Å²) in [7, 11) is 0. The largest absolute Gasteiger partial charge is 0.491 e. The number of hydrogen-bond acceptors (Lipinski definition) is 4. The van der Waals surface area contributed by atoms with Gasteiger partial charge in [-0.05, 0) is 61.6 Å². The number of aliphatic hydroxyl groups is 1. The highest BCUT2D eigenvalue weighted by Gasteiger charge is 2.53. The first-order chi connectivity index (χ1) is 13.7. The van der Waals surface area contributed by atoms with Gasteiger partial charge in [-0.25, -0.2) is 4.79 Å². The maximum absolute atomic E-state index is 13.1. The lowest BCUT2D eigenvalue weighted by atomic mass is 9.65. The molecule has 1 aromatic carbocycles. The number of hydrogen-bond donors (Lipinski definition) is 2. The zero-order valence-electron chi connectivity index (χ0n) is 18.0. The number of aliphatic hydroxyl groups excluding tert-OH is 1. The predicted molar refractivity (Wildman–Crippen MR) is 112 cm³/mol. The molecule has 2 fully saturated rings. The van der Waals surface area contributed by atoms with E-state index in [0.29, 0.717) is 24.5 Å². The Kier molecular flexibility index (Phi) is 6.22. The molecule has 1 unspecified atom stereocenters. The first kappa shape index (κ1) is 21.6. The second-order valence-electron chi connectivity index (χ2n) is 9.33. The van der Waals surface area contributed by atoms with Crippen molar-refractivity contribution in [3.8, 4) is 5.75 Å². The normalized spacial score (nSPS) is 26.0. The van der Waals surface area contributed by atoms with E-state index in [-0.39, 0.29) is 24.5 Å². The van der Waals surface area contributed by atoms with E-state index < -0.39 is 17.7 Å². The minimum Gasteiger partial charge on any atom is -0.491 e. The van der Waals surface area contributed by atoms with Crippen molar-refractivity contribution in [2.75, 3.05) is 13.2 Å². The van der Waals surface area contributed by atoms with Crippen molar-refractivity contribution in [2.24, 2.45) is 11.3 Å². The number of β-amino-alcohol motifs (C(OH)–C–C–N with tert-alkyl or cyclic N) is 1. The van der Waals surface area contributed by atoms with Crippen molar-refractivity contribution >= 4 is 11.9 Å². The number of carbonyl (C=O) groups is 2. The van der Waals surface area contributed by atoms with Gasteiger partial charge in [0.05, 0.1) is 6.54 Å². The van der Waals surface area contributed by atoms with E-state index in [1.807, 2.05) is 31.2 Å². The first-order valence-electron chi connectivity index (χ1n) is 10.7. The molecule has 1 heterocycles. The molecule has 160 valence electrons. The fourth-order valence-corrected chi connectivity index (χ4v) is 4.52. The fourth-order valence-electron chi connectivity index (χ4n) is 4.52. The summed E-state index contributed by atoms with van der Waals surface area (Å²) in [4.78, 5) is 26.7. The Morgan fingerprint density at radius 2 is 2.00 bits per heavy atom. The van der Waals surface area contributed by atoms with Gasteiger partial charge in [0.15, 0.2) is 0 Å². The quantitative estimate of drug-likeness (QED) is 0.683. The van der Waals surface area contributed by atoms with Crippen LogP contribution in [0.2, 0.25) is 0 Å². The van der Waals surface area contributed by atoms with Crippen LogP contribution in [-0.4, -0.2) is 46.7 Å². The molecule has 2 N–H and O–H groups in total. The van der Waals surface area contributed by atoms with Crippen LogP contribution in [0.1, 0.15) is 58.4 Å². The van der Waals surface area contributed by atoms with Gasteiger partial charge in [-0.2, -0.15) is 0 Å². The van der Waals surface area contributed by atoms with Gasteiger partial charge in [-0.15, -0.1) is 0 Å². The summed E-state index contributed by atoms with van der Waals surface area (Å²) in [5, 5.41) is 13.3. The van der Waals surface area contributed by atoms with Crippen LogP contribution in [0.4, 0.5) is 4.79 Å². The Morgan fingerprint density at radius 1 is 1.31 bits per heavy atom. The molecule has 6 nitrogen and oxygen atoms in total. The van der Waals surface area contributed by atoms with Crippen molar-refractivity contribution in [1.82, 2.24) is 10.2 Å². The van der Waals surface area contributed by atoms with Crippen molar-refractivity contribution in [3.05, 3.63) is 29.8 Å². The summed E-state index contributed by atoms with van der Waals surface area (Å²) >= 11 is 0. The molecule has 1 atom stereocenters. The van der Waals surface area contributed by atoms with E-state index >= 15 is 0 Å². The number of aryl methyl sites for hydroxylation is 1. The topological polar surface area (TPSA) is 78.9 Å². The standard InChI is InChI=1S/C23H34N2O4/c1-5-22(3,4)17-9-11-23(12-10-17)20(27)25(21(28)24-23)14-18(26)15-29-19-8-6-7-16(2)13-19/h6-8,13,17-18,26H,5,9-12,14-15H2,1-4H3,(H,24,28). The van der Waals surface area contributed by atoms with Crippen LogP contribution in [0.3, 0.4) is 0 Å². The maximum atomic E-state index is 13.1. The average Bonchev–Trinajstić information content (AvgIpc) is 2.91. The van der Waals surface area contributed by atoms with Gasteiger partial charge in [0.25, 0.3) is 5.91 Å². The minimum absolute atomic E-state index is 0.0281. The summed E-state index contributed by atoms with van der Waals surface area (Å²) in [6, 6.07) is 7.14. The van der Waals surface area contributed by atoms with Gasteiger partial charge in [-0.3, -0.25) is 9.69 Å². The van der Waals surface area contributed by atoms with Crippen LogP contribution in [-0.2, 0) is 4.79 Å². The summed E-state index contributed by atoms with van der Waals surface area (Å²) in [6.45, 7) is 8.70. The number of imide groups is 1. The molecule has 0 aromatic heterocycles. The third-order valence-corrected chi connectivity index (χ3v) is 6.93. The monoisotopic (exact) mass is 402 g/mol. The number of urea groups is 1. The van der Waals surface area contributed by atoms with Crippen molar-refractivity contribution in [1.29, 1.82) is 0 Å². The number of amides is 3. The van der Waals surface area contributed by atoms with Crippen LogP contribution < -0.4 is 10.1 Å². The molecule has 1 saturated carbocycles. The predicted octanol–water partition coefficient (Wildman–Crippen LogP) is 3.65. The molecule has 1 spiro atoms. The summed E-state index contributed by atoms with van der Waals surface area (Å²) < 4.78 is 5.61. The molecule has 1 aromatic rings. The van der Waals surface area contributed by atoms with Crippen LogP contribution in [0.5, 0.6) is 5.75 Å². The molecule has 6 heteroatoms. The molecule has 1 saturated heterocycles. The van der Waals surface area contributed by atoms with E-state index in [1.165, 1.54) is 0 Å².